The van der Waals surface area contributed by atoms with Crippen LogP contribution < -0.4 is 5.32 Å². The lowest BCUT2D eigenvalue weighted by molar-refractivity contribution is 0.0596. The van der Waals surface area contributed by atoms with E-state index in [-0.39, 0.29) is 18.0 Å². The van der Waals surface area contributed by atoms with Crippen LogP contribution in [0.25, 0.3) is 0 Å². The zero-order valence-corrected chi connectivity index (χ0v) is 14.8. The minimum Gasteiger partial charge on any atom is -0.323 e. The van der Waals surface area contributed by atoms with Crippen LogP contribution in [0.3, 0.4) is 0 Å². The van der Waals surface area contributed by atoms with Gasteiger partial charge in [-0.1, -0.05) is 48.6 Å². The van der Waals surface area contributed by atoms with Crippen LogP contribution in [0, 0.1) is 0 Å². The second-order valence-electron chi connectivity index (χ2n) is 6.83. The summed E-state index contributed by atoms with van der Waals surface area (Å²) in [5, 5.41) is 7.91. The molecule has 1 aromatic heterocycles. The molecule has 0 spiro atoms. The molecule has 5 heteroatoms. The van der Waals surface area contributed by atoms with Gasteiger partial charge in [-0.2, -0.15) is 5.10 Å². The van der Waals surface area contributed by atoms with Crippen molar-refractivity contribution < 1.29 is 4.79 Å². The Bertz CT molecular complexity index is 800. The van der Waals surface area contributed by atoms with E-state index < -0.39 is 0 Å². The van der Waals surface area contributed by atoms with Crippen LogP contribution in [0.15, 0.2) is 61.2 Å². The molecule has 1 amide bonds. The Morgan fingerprint density at radius 3 is 2.96 bits per heavy atom. The third-order valence-electron chi connectivity index (χ3n) is 5.12. The zero-order chi connectivity index (χ0) is 17.9. The first kappa shape index (κ1) is 16.8. The van der Waals surface area contributed by atoms with Crippen molar-refractivity contribution in [2.45, 2.75) is 38.0 Å². The van der Waals surface area contributed by atoms with Crippen LogP contribution in [0.5, 0.6) is 0 Å². The number of nitrogens with zero attached hydrogens (tertiary/aromatic N) is 3. The van der Waals surface area contributed by atoms with Gasteiger partial charge >= 0.3 is 0 Å². The Balaban J connectivity index is 1.70. The summed E-state index contributed by atoms with van der Waals surface area (Å²) in [6, 6.07) is 12.2. The molecule has 2 aromatic rings. The molecule has 3 heterocycles. The summed E-state index contributed by atoms with van der Waals surface area (Å²) < 4.78 is 1.95. The zero-order valence-electron chi connectivity index (χ0n) is 14.8. The number of rotatable bonds is 4. The largest absolute Gasteiger partial charge is 0.323 e. The molecular formula is C21H24N4O. The summed E-state index contributed by atoms with van der Waals surface area (Å²) >= 11 is 0. The third-order valence-corrected chi connectivity index (χ3v) is 5.12. The van der Waals surface area contributed by atoms with Gasteiger partial charge in [-0.15, -0.1) is 6.58 Å². The van der Waals surface area contributed by atoms with Gasteiger partial charge in [-0.3, -0.25) is 9.48 Å². The molecule has 2 aliphatic rings. The van der Waals surface area contributed by atoms with Crippen molar-refractivity contribution in [3.05, 3.63) is 78.2 Å². The Hall–Kier alpha value is -2.66. The normalized spacial score (nSPS) is 22.1. The molecule has 0 saturated carbocycles. The highest BCUT2D eigenvalue weighted by Gasteiger charge is 2.34. The van der Waals surface area contributed by atoms with Crippen molar-refractivity contribution in [3.63, 3.8) is 0 Å². The van der Waals surface area contributed by atoms with Gasteiger partial charge in [0.1, 0.15) is 0 Å². The van der Waals surface area contributed by atoms with Gasteiger partial charge in [0.2, 0.25) is 0 Å². The minimum absolute atomic E-state index is 0.00282. The maximum absolute atomic E-state index is 13.4. The maximum Gasteiger partial charge on any atom is 0.275 e. The fourth-order valence-corrected chi connectivity index (χ4v) is 3.84. The number of amides is 1. The SMILES string of the molecule is C=CC[C@@H]1CC=C[C@@H](c2ccccc2)N1C(=O)c1cc2n(n1)CCNC2. The van der Waals surface area contributed by atoms with E-state index in [1.54, 1.807) is 0 Å². The van der Waals surface area contributed by atoms with Crippen LogP contribution in [0.1, 0.15) is 40.6 Å². The van der Waals surface area contributed by atoms with Gasteiger partial charge in [-0.25, -0.2) is 0 Å². The molecule has 5 nitrogen and oxygen atoms in total. The summed E-state index contributed by atoms with van der Waals surface area (Å²) in [5.41, 5.74) is 2.73. The lowest BCUT2D eigenvalue weighted by atomic mass is 9.94. The first-order valence-corrected chi connectivity index (χ1v) is 9.20. The molecule has 0 saturated heterocycles. The molecule has 1 aromatic carbocycles. The first-order chi connectivity index (χ1) is 12.8. The molecule has 1 N–H and O–H groups in total. The van der Waals surface area contributed by atoms with Gasteiger partial charge in [-0.05, 0) is 24.5 Å². The smallest absolute Gasteiger partial charge is 0.275 e. The van der Waals surface area contributed by atoms with Crippen LogP contribution in [0.4, 0.5) is 0 Å². The average Bonchev–Trinajstić information content (AvgIpc) is 3.12. The van der Waals surface area contributed by atoms with Gasteiger partial charge in [0.05, 0.1) is 18.3 Å². The van der Waals surface area contributed by atoms with Crippen LogP contribution in [-0.2, 0) is 13.1 Å². The van der Waals surface area contributed by atoms with Crippen LogP contribution in [-0.4, -0.2) is 33.2 Å². The molecule has 26 heavy (non-hydrogen) atoms. The Kier molecular flexibility index (Phi) is 4.71. The van der Waals surface area contributed by atoms with E-state index in [1.165, 1.54) is 0 Å². The second kappa shape index (κ2) is 7.30. The maximum atomic E-state index is 13.4. The molecule has 0 aliphatic carbocycles. The fraction of sp³-hybridized carbons (Fsp3) is 0.333. The van der Waals surface area contributed by atoms with Crippen LogP contribution >= 0.6 is 0 Å². The molecule has 0 bridgehead atoms. The Morgan fingerprint density at radius 1 is 1.35 bits per heavy atom. The molecule has 2 atom stereocenters. The van der Waals surface area contributed by atoms with Gasteiger partial charge in [0, 0.05) is 19.1 Å². The average molecular weight is 348 g/mol. The lowest BCUT2D eigenvalue weighted by Crippen LogP contribution is -2.44. The number of fused-ring (bicyclic) bond motifs is 1. The van der Waals surface area contributed by atoms with Gasteiger partial charge < -0.3 is 10.2 Å². The van der Waals surface area contributed by atoms with E-state index in [9.17, 15) is 4.79 Å². The quantitative estimate of drug-likeness (QED) is 0.864. The van der Waals surface area contributed by atoms with Gasteiger partial charge in [0.25, 0.3) is 5.91 Å². The lowest BCUT2D eigenvalue weighted by Gasteiger charge is -2.39. The molecule has 4 rings (SSSR count). The van der Waals surface area contributed by atoms with Crippen molar-refractivity contribution >= 4 is 5.91 Å². The number of aromatic nitrogens is 2. The molecule has 0 fully saturated rings. The predicted molar refractivity (Wildman–Crippen MR) is 102 cm³/mol. The summed E-state index contributed by atoms with van der Waals surface area (Å²) in [6.45, 7) is 6.34. The number of hydrogen-bond donors (Lipinski definition) is 1. The van der Waals surface area contributed by atoms with Crippen molar-refractivity contribution in [1.29, 1.82) is 0 Å². The minimum atomic E-state index is -0.0701. The predicted octanol–water partition coefficient (Wildman–Crippen LogP) is 3.07. The first-order valence-electron chi connectivity index (χ1n) is 9.20. The number of hydrogen-bond acceptors (Lipinski definition) is 3. The van der Waals surface area contributed by atoms with E-state index in [2.05, 4.69) is 41.3 Å². The summed E-state index contributed by atoms with van der Waals surface area (Å²) in [4.78, 5) is 15.4. The van der Waals surface area contributed by atoms with E-state index in [4.69, 9.17) is 0 Å². The van der Waals surface area contributed by atoms with Crippen molar-refractivity contribution in [3.8, 4) is 0 Å². The summed E-state index contributed by atoms with van der Waals surface area (Å²) in [6.07, 6.45) is 7.82. The third kappa shape index (κ3) is 3.10. The number of carbonyl (C=O) groups is 1. The number of nitrogens with one attached hydrogen (secondary N) is 1. The van der Waals surface area contributed by atoms with E-state index >= 15 is 0 Å². The van der Waals surface area contributed by atoms with Crippen LogP contribution in [0.2, 0.25) is 0 Å². The Morgan fingerprint density at radius 2 is 2.19 bits per heavy atom. The highest BCUT2D eigenvalue weighted by molar-refractivity contribution is 5.93. The summed E-state index contributed by atoms with van der Waals surface area (Å²) in [7, 11) is 0. The van der Waals surface area contributed by atoms with E-state index in [1.807, 2.05) is 39.9 Å². The van der Waals surface area contributed by atoms with E-state index in [0.29, 0.717) is 5.69 Å². The molecule has 0 unspecified atom stereocenters. The van der Waals surface area contributed by atoms with Crippen molar-refractivity contribution in [2.24, 2.45) is 0 Å². The fourth-order valence-electron chi connectivity index (χ4n) is 3.84. The topological polar surface area (TPSA) is 50.2 Å². The van der Waals surface area contributed by atoms with Crippen molar-refractivity contribution in [1.82, 2.24) is 20.0 Å². The molecule has 134 valence electrons. The Labute approximate surface area is 154 Å². The highest BCUT2D eigenvalue weighted by atomic mass is 16.2. The second-order valence-corrected chi connectivity index (χ2v) is 6.83. The highest BCUT2D eigenvalue weighted by Crippen LogP contribution is 2.32. The van der Waals surface area contributed by atoms with Crippen molar-refractivity contribution in [2.75, 3.05) is 6.54 Å². The monoisotopic (exact) mass is 348 g/mol. The molecular weight excluding hydrogens is 324 g/mol. The summed E-state index contributed by atoms with van der Waals surface area (Å²) in [5.74, 6) is -0.00282. The number of benzene rings is 1. The number of carbonyl (C=O) groups excluding carboxylic acids is 1. The molecule has 2 aliphatic heterocycles. The van der Waals surface area contributed by atoms with Gasteiger partial charge in [0.15, 0.2) is 5.69 Å². The molecule has 0 radical (unpaired) electrons. The standard InChI is InChI=1S/C21H24N4O/c1-2-7-17-10-6-11-20(16-8-4-3-5-9-16)25(17)21(26)19-14-18-15-22-12-13-24(18)23-19/h2-6,8-9,11,14,17,20,22H,1,7,10,12-13,15H2/t17-,20+/m1/s1. The van der Waals surface area contributed by atoms with E-state index in [0.717, 1.165) is 43.7 Å².